The monoisotopic (exact) mass is 587 g/mol. The molecule has 0 saturated heterocycles. The lowest BCUT2D eigenvalue weighted by atomic mass is 10.1. The van der Waals surface area contributed by atoms with Crippen molar-refractivity contribution < 1.29 is 32.5 Å². The molecule has 1 aliphatic heterocycles. The van der Waals surface area contributed by atoms with Crippen LogP contribution in [0, 0.1) is 17.6 Å². The van der Waals surface area contributed by atoms with E-state index in [1.54, 1.807) is 36.0 Å². The molecule has 1 aliphatic rings. The third kappa shape index (κ3) is 5.01. The number of nitrogens with one attached hydrogen (secondary N) is 1. The molecule has 10 nitrogen and oxygen atoms in total. The molecular weight excluding hydrogens is 566 g/mol. The summed E-state index contributed by atoms with van der Waals surface area (Å²) >= 11 is 1.30. The summed E-state index contributed by atoms with van der Waals surface area (Å²) < 4.78 is 41.5. The van der Waals surface area contributed by atoms with Gasteiger partial charge in [0.1, 0.15) is 17.0 Å². The summed E-state index contributed by atoms with van der Waals surface area (Å²) in [5, 5.41) is 8.67. The van der Waals surface area contributed by atoms with Crippen molar-refractivity contribution in [3.63, 3.8) is 0 Å². The van der Waals surface area contributed by atoms with Crippen LogP contribution < -0.4 is 15.0 Å². The summed E-state index contributed by atoms with van der Waals surface area (Å²) in [6, 6.07) is 11.5. The molecule has 0 bridgehead atoms. The smallest absolute Gasteiger partial charge is 0.452 e. The number of benzene rings is 2. The van der Waals surface area contributed by atoms with Crippen molar-refractivity contribution in [3.05, 3.63) is 90.2 Å². The second kappa shape index (κ2) is 10.9. The van der Waals surface area contributed by atoms with E-state index in [-0.39, 0.29) is 23.7 Å². The molecular formula is C29H21F2N6O4S+. The lowest BCUT2D eigenvalue weighted by molar-refractivity contribution is -0.419. The number of halogens is 2. The molecule has 0 fully saturated rings. The number of amides is 4. The molecule has 1 N–H and O–H groups in total. The molecule has 4 amide bonds. The Hall–Kier alpha value is -5.30. The minimum Gasteiger partial charge on any atom is -0.452 e. The first-order valence-corrected chi connectivity index (χ1v) is 13.6. The molecule has 3 aromatic heterocycles. The molecule has 0 radical (unpaired) electrons. The SMILES string of the molecule is CC[N+]1=CC(C(=O)Nc2ccc(Oc3cc(-c4cnsc4)cn4nccc34)c(F)c2)C(=O)N(c2ccc(F)cc2)C1=O. The first-order chi connectivity index (χ1) is 20.3. The summed E-state index contributed by atoms with van der Waals surface area (Å²) in [4.78, 5) is 40.1. The zero-order valence-electron chi connectivity index (χ0n) is 21.9. The third-order valence-corrected chi connectivity index (χ3v) is 7.20. The summed E-state index contributed by atoms with van der Waals surface area (Å²) in [7, 11) is 0. The zero-order valence-corrected chi connectivity index (χ0v) is 22.7. The minimum atomic E-state index is -1.39. The predicted molar refractivity (Wildman–Crippen MR) is 151 cm³/mol. The zero-order chi connectivity index (χ0) is 29.4. The van der Waals surface area contributed by atoms with Crippen LogP contribution in [0.3, 0.4) is 0 Å². The third-order valence-electron chi connectivity index (χ3n) is 6.62. The normalized spacial score (nSPS) is 15.2. The molecule has 1 atom stereocenters. The highest BCUT2D eigenvalue weighted by Gasteiger charge is 2.47. The fourth-order valence-corrected chi connectivity index (χ4v) is 5.05. The molecule has 4 heterocycles. The number of pyridine rings is 1. The van der Waals surface area contributed by atoms with Crippen molar-refractivity contribution in [2.75, 3.05) is 16.8 Å². The number of aromatic nitrogens is 3. The molecule has 0 aliphatic carbocycles. The van der Waals surface area contributed by atoms with E-state index in [0.29, 0.717) is 11.3 Å². The maximum absolute atomic E-state index is 15.2. The quantitative estimate of drug-likeness (QED) is 0.203. The van der Waals surface area contributed by atoms with Crippen LogP contribution in [-0.2, 0) is 9.59 Å². The topological polar surface area (TPSA) is 109 Å². The van der Waals surface area contributed by atoms with E-state index in [1.165, 1.54) is 46.6 Å². The number of fused-ring (bicyclic) bond motifs is 1. The Morgan fingerprint density at radius 3 is 2.60 bits per heavy atom. The summed E-state index contributed by atoms with van der Waals surface area (Å²) in [5.74, 6) is -4.02. The lowest BCUT2D eigenvalue weighted by Gasteiger charge is -2.22. The summed E-state index contributed by atoms with van der Waals surface area (Å²) in [6.07, 6.45) is 6.34. The highest BCUT2D eigenvalue weighted by Crippen LogP contribution is 2.33. The van der Waals surface area contributed by atoms with Crippen molar-refractivity contribution >= 4 is 52.5 Å². The maximum Gasteiger partial charge on any atom is 0.505 e. The van der Waals surface area contributed by atoms with Gasteiger partial charge in [0.25, 0.3) is 0 Å². The van der Waals surface area contributed by atoms with E-state index in [0.717, 1.165) is 34.2 Å². The van der Waals surface area contributed by atoms with Gasteiger partial charge in [-0.25, -0.2) is 27.0 Å². The van der Waals surface area contributed by atoms with E-state index in [9.17, 15) is 18.8 Å². The number of hydrogen-bond acceptors (Lipinski definition) is 7. The van der Waals surface area contributed by atoms with Crippen molar-refractivity contribution in [3.8, 4) is 22.6 Å². The van der Waals surface area contributed by atoms with Gasteiger partial charge in [-0.2, -0.15) is 9.89 Å². The Bertz CT molecular complexity index is 1870. The Labute approximate surface area is 241 Å². The van der Waals surface area contributed by atoms with Gasteiger partial charge in [-0.3, -0.25) is 4.79 Å². The van der Waals surface area contributed by atoms with Crippen LogP contribution in [0.25, 0.3) is 16.6 Å². The van der Waals surface area contributed by atoms with Crippen LogP contribution in [0.15, 0.2) is 78.6 Å². The highest BCUT2D eigenvalue weighted by atomic mass is 32.1. The number of carbonyl (C=O) groups excluding carboxylic acids is 3. The molecule has 0 spiro atoms. The van der Waals surface area contributed by atoms with Crippen molar-refractivity contribution in [1.82, 2.24) is 14.0 Å². The van der Waals surface area contributed by atoms with E-state index >= 15 is 4.39 Å². The van der Waals surface area contributed by atoms with Gasteiger partial charge in [0.05, 0.1) is 19.0 Å². The molecule has 6 rings (SSSR count). The first kappa shape index (κ1) is 26.9. The number of urea groups is 1. The van der Waals surface area contributed by atoms with Crippen LogP contribution >= 0.6 is 11.5 Å². The molecule has 210 valence electrons. The van der Waals surface area contributed by atoms with Gasteiger partial charge in [0, 0.05) is 40.7 Å². The number of imide groups is 1. The van der Waals surface area contributed by atoms with E-state index in [2.05, 4.69) is 14.8 Å². The second-order valence-electron chi connectivity index (χ2n) is 9.25. The van der Waals surface area contributed by atoms with Crippen molar-refractivity contribution in [2.24, 2.45) is 5.92 Å². The van der Waals surface area contributed by atoms with Crippen molar-refractivity contribution in [2.45, 2.75) is 6.92 Å². The van der Waals surface area contributed by atoms with Gasteiger partial charge in [0.15, 0.2) is 23.2 Å². The number of carbonyl (C=O) groups is 3. The number of ether oxygens (including phenoxy) is 1. The van der Waals surface area contributed by atoms with E-state index < -0.39 is 35.4 Å². The molecule has 1 unspecified atom stereocenters. The highest BCUT2D eigenvalue weighted by molar-refractivity contribution is 7.03. The average molecular weight is 588 g/mol. The number of hydrogen-bond donors (Lipinski definition) is 1. The number of nitrogens with zero attached hydrogens (tertiary/aromatic N) is 5. The van der Waals surface area contributed by atoms with Gasteiger partial charge in [-0.1, -0.05) is 0 Å². The fraction of sp³-hybridized carbons (Fsp3) is 0.103. The molecule has 5 aromatic rings. The van der Waals surface area contributed by atoms with E-state index in [1.807, 2.05) is 11.6 Å². The Kier molecular flexibility index (Phi) is 7.00. The van der Waals surface area contributed by atoms with Crippen LogP contribution in [0.1, 0.15) is 6.92 Å². The number of rotatable bonds is 7. The Morgan fingerprint density at radius 2 is 1.88 bits per heavy atom. The second-order valence-corrected chi connectivity index (χ2v) is 9.91. The maximum atomic E-state index is 15.2. The van der Waals surface area contributed by atoms with Crippen LogP contribution in [0.4, 0.5) is 25.0 Å². The lowest BCUT2D eigenvalue weighted by Crippen LogP contribution is -2.54. The van der Waals surface area contributed by atoms with Crippen LogP contribution in [0.5, 0.6) is 11.5 Å². The standard InChI is InChI=1S/C29H20F2N6O4S/c1-2-35-15-22(28(39)37(29(35)40)21-6-3-19(30)4-7-21)27(38)34-20-5-8-25(23(31)12-20)41-26-11-17(18-13-33-42-16-18)14-36-24(26)9-10-32-36/h3-16,22H,2H2,1H3/p+1. The van der Waals surface area contributed by atoms with Gasteiger partial charge >= 0.3 is 11.9 Å². The van der Waals surface area contributed by atoms with Gasteiger partial charge in [0.2, 0.25) is 5.91 Å². The summed E-state index contributed by atoms with van der Waals surface area (Å²) in [6.45, 7) is 1.86. The number of anilines is 2. The van der Waals surface area contributed by atoms with E-state index in [4.69, 9.17) is 4.74 Å². The predicted octanol–water partition coefficient (Wildman–Crippen LogP) is 5.35. The average Bonchev–Trinajstić information content (AvgIpc) is 3.68. The van der Waals surface area contributed by atoms with Crippen molar-refractivity contribution in [1.29, 1.82) is 0 Å². The molecule has 42 heavy (non-hydrogen) atoms. The summed E-state index contributed by atoms with van der Waals surface area (Å²) in [5.41, 5.74) is 2.45. The fourth-order valence-electron chi connectivity index (χ4n) is 4.50. The minimum absolute atomic E-state index is 0.0759. The molecule has 13 heteroatoms. The molecule has 2 aromatic carbocycles. The van der Waals surface area contributed by atoms with Crippen LogP contribution in [-0.4, -0.2) is 49.2 Å². The first-order valence-electron chi connectivity index (χ1n) is 12.7. The Balaban J connectivity index is 1.23. The largest absolute Gasteiger partial charge is 0.505 e. The molecule has 0 saturated carbocycles. The van der Waals surface area contributed by atoms with Gasteiger partial charge < -0.3 is 10.1 Å². The van der Waals surface area contributed by atoms with Gasteiger partial charge in [-0.15, -0.1) is 4.90 Å². The Morgan fingerprint density at radius 1 is 1.07 bits per heavy atom. The van der Waals surface area contributed by atoms with Crippen LogP contribution in [0.2, 0.25) is 0 Å². The van der Waals surface area contributed by atoms with Gasteiger partial charge in [-0.05, 0) is 67.0 Å².